The van der Waals surface area contributed by atoms with Gasteiger partial charge in [0.05, 0.1) is 13.2 Å². The zero-order valence-corrected chi connectivity index (χ0v) is 13.7. The normalized spacial score (nSPS) is 11.5. The van der Waals surface area contributed by atoms with Crippen LogP contribution in [0.3, 0.4) is 0 Å². The summed E-state index contributed by atoms with van der Waals surface area (Å²) in [5, 5.41) is 6.21. The Morgan fingerprint density at radius 1 is 1.39 bits per heavy atom. The van der Waals surface area contributed by atoms with Gasteiger partial charge in [0.2, 0.25) is 5.91 Å². The number of rotatable bonds is 8. The van der Waals surface area contributed by atoms with Crippen molar-refractivity contribution in [2.45, 2.75) is 33.7 Å². The van der Waals surface area contributed by atoms with Crippen LogP contribution in [0.1, 0.15) is 32.8 Å². The van der Waals surface area contributed by atoms with E-state index in [0.29, 0.717) is 12.1 Å². The van der Waals surface area contributed by atoms with Crippen molar-refractivity contribution >= 4 is 17.6 Å². The molecule has 1 aromatic rings. The van der Waals surface area contributed by atoms with Crippen molar-refractivity contribution in [2.24, 2.45) is 17.0 Å². The molecule has 0 aliphatic carbocycles. The number of carbonyl (C=O) groups excluding carboxylic acids is 2. The molecule has 0 heterocycles. The molecule has 0 radical (unpaired) electrons. The highest BCUT2D eigenvalue weighted by Crippen LogP contribution is 2.18. The van der Waals surface area contributed by atoms with E-state index in [2.05, 4.69) is 15.3 Å². The molecule has 1 unspecified atom stereocenters. The Kier molecular flexibility index (Phi) is 7.63. The van der Waals surface area contributed by atoms with Gasteiger partial charge in [-0.2, -0.15) is 0 Å². The van der Waals surface area contributed by atoms with Crippen molar-refractivity contribution in [3.8, 4) is 0 Å². The minimum Gasteiger partial charge on any atom is -0.465 e. The zero-order chi connectivity index (χ0) is 17.2. The molecule has 0 saturated carbocycles. The van der Waals surface area contributed by atoms with Crippen LogP contribution in [0.25, 0.3) is 10.4 Å². The molecule has 0 aromatic heterocycles. The molecule has 0 aliphatic heterocycles. The minimum absolute atomic E-state index is 0.187. The second-order valence-electron chi connectivity index (χ2n) is 5.51. The van der Waals surface area contributed by atoms with Gasteiger partial charge in [-0.3, -0.25) is 9.59 Å². The fourth-order valence-corrected chi connectivity index (χ4v) is 2.11. The maximum absolute atomic E-state index is 12.4. The first-order chi connectivity index (χ1) is 11.0. The van der Waals surface area contributed by atoms with Gasteiger partial charge in [0.1, 0.15) is 5.92 Å². The molecule has 1 amide bonds. The second kappa shape index (κ2) is 9.48. The molecule has 7 heteroatoms. The molecular formula is C16H22N4O3. The van der Waals surface area contributed by atoms with Crippen LogP contribution in [0.15, 0.2) is 29.4 Å². The molecule has 1 atom stereocenters. The number of ether oxygens (including phenoxy) is 1. The highest BCUT2D eigenvalue weighted by Gasteiger charge is 2.28. The Morgan fingerprint density at radius 2 is 2.13 bits per heavy atom. The third-order valence-corrected chi connectivity index (χ3v) is 3.11. The molecule has 1 aromatic carbocycles. The van der Waals surface area contributed by atoms with Gasteiger partial charge in [-0.05, 0) is 42.5 Å². The first-order valence-electron chi connectivity index (χ1n) is 7.55. The molecule has 0 bridgehead atoms. The summed E-state index contributed by atoms with van der Waals surface area (Å²) < 4.78 is 4.99. The van der Waals surface area contributed by atoms with Crippen molar-refractivity contribution in [3.05, 3.63) is 40.3 Å². The fraction of sp³-hybridized carbons (Fsp3) is 0.500. The first kappa shape index (κ1) is 18.5. The van der Waals surface area contributed by atoms with Crippen molar-refractivity contribution in [3.63, 3.8) is 0 Å². The molecule has 124 valence electrons. The van der Waals surface area contributed by atoms with Crippen LogP contribution in [-0.2, 0) is 20.9 Å². The van der Waals surface area contributed by atoms with Crippen LogP contribution in [0, 0.1) is 11.8 Å². The Bertz CT molecular complexity index is 595. The maximum Gasteiger partial charge on any atom is 0.318 e. The van der Waals surface area contributed by atoms with Crippen LogP contribution in [0.2, 0.25) is 0 Å². The summed E-state index contributed by atoms with van der Waals surface area (Å²) in [4.78, 5) is 27.1. The Balaban J connectivity index is 2.84. The lowest BCUT2D eigenvalue weighted by Crippen LogP contribution is -2.32. The average molecular weight is 318 g/mol. The molecular weight excluding hydrogens is 296 g/mol. The van der Waals surface area contributed by atoms with E-state index >= 15 is 0 Å². The molecule has 0 aliphatic rings. The molecule has 0 saturated heterocycles. The number of carbonyl (C=O) groups is 2. The largest absolute Gasteiger partial charge is 0.465 e. The van der Waals surface area contributed by atoms with E-state index in [-0.39, 0.29) is 19.1 Å². The van der Waals surface area contributed by atoms with Gasteiger partial charge in [0.25, 0.3) is 0 Å². The van der Waals surface area contributed by atoms with E-state index in [1.807, 2.05) is 13.8 Å². The number of azide groups is 1. The van der Waals surface area contributed by atoms with Crippen LogP contribution < -0.4 is 5.32 Å². The quantitative estimate of drug-likeness (QED) is 0.260. The van der Waals surface area contributed by atoms with E-state index in [4.69, 9.17) is 10.3 Å². The van der Waals surface area contributed by atoms with E-state index in [9.17, 15) is 9.59 Å². The van der Waals surface area contributed by atoms with E-state index in [1.54, 1.807) is 31.2 Å². The van der Waals surface area contributed by atoms with Gasteiger partial charge >= 0.3 is 5.97 Å². The highest BCUT2D eigenvalue weighted by atomic mass is 16.5. The van der Waals surface area contributed by atoms with Gasteiger partial charge < -0.3 is 10.1 Å². The number of nitrogens with one attached hydrogen (secondary N) is 1. The number of hydrogen-bond acceptors (Lipinski definition) is 4. The van der Waals surface area contributed by atoms with Gasteiger partial charge in [0, 0.05) is 10.6 Å². The summed E-state index contributed by atoms with van der Waals surface area (Å²) in [5.41, 5.74) is 9.68. The lowest BCUT2D eigenvalue weighted by atomic mass is 9.96. The second-order valence-corrected chi connectivity index (χ2v) is 5.51. The van der Waals surface area contributed by atoms with Gasteiger partial charge in [-0.25, -0.2) is 0 Å². The Labute approximate surface area is 135 Å². The Hall–Kier alpha value is -2.53. The molecule has 7 nitrogen and oxygen atoms in total. The molecule has 23 heavy (non-hydrogen) atoms. The molecule has 1 rings (SSSR count). The number of nitrogens with zero attached hydrogens (tertiary/aromatic N) is 3. The van der Waals surface area contributed by atoms with Crippen LogP contribution in [0.5, 0.6) is 0 Å². The minimum atomic E-state index is -0.837. The summed E-state index contributed by atoms with van der Waals surface area (Å²) in [6, 6.07) is 6.97. The monoisotopic (exact) mass is 318 g/mol. The van der Waals surface area contributed by atoms with Gasteiger partial charge in [0.15, 0.2) is 0 Å². The lowest BCUT2D eigenvalue weighted by Gasteiger charge is -2.17. The summed E-state index contributed by atoms with van der Waals surface area (Å²) in [6.07, 6.45) is 0.420. The number of esters is 1. The topological polar surface area (TPSA) is 104 Å². The van der Waals surface area contributed by atoms with Crippen molar-refractivity contribution in [2.75, 3.05) is 11.9 Å². The first-order valence-corrected chi connectivity index (χ1v) is 7.55. The predicted octanol–water partition coefficient (Wildman–Crippen LogP) is 3.66. The van der Waals surface area contributed by atoms with Gasteiger partial charge in [-0.15, -0.1) is 0 Å². The summed E-state index contributed by atoms with van der Waals surface area (Å²) in [7, 11) is 0. The van der Waals surface area contributed by atoms with Crippen molar-refractivity contribution < 1.29 is 14.3 Å². The van der Waals surface area contributed by atoms with Crippen LogP contribution in [0.4, 0.5) is 5.69 Å². The highest BCUT2D eigenvalue weighted by molar-refractivity contribution is 6.04. The SMILES string of the molecule is CCOC(=O)C(CC(C)C)C(=O)Nc1cccc(CN=[N+]=[N-])c1. The fourth-order valence-electron chi connectivity index (χ4n) is 2.11. The molecule has 0 spiro atoms. The lowest BCUT2D eigenvalue weighted by molar-refractivity contribution is -0.151. The smallest absolute Gasteiger partial charge is 0.318 e. The van der Waals surface area contributed by atoms with Crippen molar-refractivity contribution in [1.82, 2.24) is 0 Å². The van der Waals surface area contributed by atoms with E-state index in [0.717, 1.165) is 5.56 Å². The zero-order valence-electron chi connectivity index (χ0n) is 13.7. The average Bonchev–Trinajstić information content (AvgIpc) is 2.51. The standard InChI is InChI=1S/C16H22N4O3/c1-4-23-16(22)14(8-11(2)3)15(21)19-13-7-5-6-12(9-13)10-18-20-17/h5-7,9,11,14H,4,8,10H2,1-3H3,(H,19,21). The third-order valence-electron chi connectivity index (χ3n) is 3.11. The maximum atomic E-state index is 12.4. The number of benzene rings is 1. The van der Waals surface area contributed by atoms with E-state index < -0.39 is 17.8 Å². The summed E-state index contributed by atoms with van der Waals surface area (Å²) >= 11 is 0. The summed E-state index contributed by atoms with van der Waals surface area (Å²) in [6.45, 7) is 6.04. The number of hydrogen-bond donors (Lipinski definition) is 1. The van der Waals surface area contributed by atoms with Crippen LogP contribution in [-0.4, -0.2) is 18.5 Å². The molecule has 1 N–H and O–H groups in total. The van der Waals surface area contributed by atoms with Crippen LogP contribution >= 0.6 is 0 Å². The van der Waals surface area contributed by atoms with Gasteiger partial charge in [-0.1, -0.05) is 31.1 Å². The number of amides is 1. The molecule has 0 fully saturated rings. The Morgan fingerprint density at radius 3 is 2.74 bits per heavy atom. The number of anilines is 1. The third kappa shape index (κ3) is 6.40. The van der Waals surface area contributed by atoms with Crippen molar-refractivity contribution in [1.29, 1.82) is 0 Å². The van der Waals surface area contributed by atoms with E-state index in [1.165, 1.54) is 0 Å². The summed E-state index contributed by atoms with van der Waals surface area (Å²) in [5.74, 6) is -1.55. The predicted molar refractivity (Wildman–Crippen MR) is 87.5 cm³/mol.